The zero-order valence-corrected chi connectivity index (χ0v) is 23.6. The zero-order valence-electron chi connectivity index (χ0n) is 23.6. The van der Waals surface area contributed by atoms with E-state index in [1.807, 2.05) is 24.3 Å². The lowest BCUT2D eigenvalue weighted by Gasteiger charge is -2.30. The normalized spacial score (nSPS) is 22.9. The van der Waals surface area contributed by atoms with E-state index in [1.54, 1.807) is 0 Å². The molecule has 0 aliphatic heterocycles. The fraction of sp³-hybridized carbons (Fsp3) is 0.387. The molecule has 0 radical (unpaired) electrons. The minimum absolute atomic E-state index is 0.0350. The molecular formula is C31H34FN9O2. The molecule has 3 aromatic heterocycles. The minimum atomic E-state index is -0.623. The second-order valence-electron chi connectivity index (χ2n) is 11.7. The van der Waals surface area contributed by atoms with Gasteiger partial charge in [-0.05, 0) is 56.6 Å². The van der Waals surface area contributed by atoms with Crippen LogP contribution in [0.15, 0.2) is 61.1 Å². The van der Waals surface area contributed by atoms with Crippen LogP contribution in [0.3, 0.4) is 0 Å². The summed E-state index contributed by atoms with van der Waals surface area (Å²) in [7, 11) is 0. The van der Waals surface area contributed by atoms with Gasteiger partial charge in [0, 0.05) is 42.3 Å². The molecule has 43 heavy (non-hydrogen) atoms. The van der Waals surface area contributed by atoms with Crippen molar-refractivity contribution in [3.63, 3.8) is 0 Å². The topological polar surface area (TPSA) is 137 Å². The number of amides is 3. The summed E-state index contributed by atoms with van der Waals surface area (Å²) in [6.07, 6.45) is 10.5. The molecule has 0 saturated heterocycles. The molecule has 12 heteroatoms. The van der Waals surface area contributed by atoms with E-state index in [0.29, 0.717) is 23.4 Å². The van der Waals surface area contributed by atoms with Gasteiger partial charge in [0.1, 0.15) is 5.82 Å². The molecular weight excluding hydrogens is 549 g/mol. The fourth-order valence-corrected chi connectivity index (χ4v) is 5.82. The van der Waals surface area contributed by atoms with Crippen molar-refractivity contribution in [2.45, 2.75) is 75.0 Å². The third kappa shape index (κ3) is 6.23. The Labute approximate surface area is 248 Å². The van der Waals surface area contributed by atoms with Crippen molar-refractivity contribution in [2.75, 3.05) is 16.0 Å². The number of pyridine rings is 1. The predicted octanol–water partition coefficient (Wildman–Crippen LogP) is 4.67. The van der Waals surface area contributed by atoms with Gasteiger partial charge in [-0.2, -0.15) is 0 Å². The molecule has 3 amide bonds. The number of imidazole rings is 1. The molecule has 7 rings (SSSR count). The van der Waals surface area contributed by atoms with Gasteiger partial charge in [0.15, 0.2) is 17.2 Å². The van der Waals surface area contributed by atoms with E-state index < -0.39 is 11.7 Å². The van der Waals surface area contributed by atoms with Crippen LogP contribution in [0.1, 0.15) is 66.9 Å². The maximum atomic E-state index is 14.1. The summed E-state index contributed by atoms with van der Waals surface area (Å²) in [5, 5.41) is 20.6. The van der Waals surface area contributed by atoms with Crippen molar-refractivity contribution in [1.29, 1.82) is 0 Å². The van der Waals surface area contributed by atoms with Gasteiger partial charge in [0.2, 0.25) is 0 Å². The lowest BCUT2D eigenvalue weighted by Crippen LogP contribution is -2.45. The average molecular weight is 584 g/mol. The average Bonchev–Trinajstić information content (AvgIpc) is 3.93. The molecule has 3 fully saturated rings. The molecule has 3 aliphatic carbocycles. The molecule has 3 saturated carbocycles. The summed E-state index contributed by atoms with van der Waals surface area (Å²) in [5.74, 6) is -0.129. The highest BCUT2D eigenvalue weighted by Crippen LogP contribution is 2.40. The van der Waals surface area contributed by atoms with Crippen LogP contribution in [0.2, 0.25) is 0 Å². The van der Waals surface area contributed by atoms with Crippen LogP contribution < -0.4 is 26.6 Å². The Morgan fingerprint density at radius 3 is 2.37 bits per heavy atom. The molecule has 222 valence electrons. The number of rotatable bonds is 9. The number of urea groups is 1. The van der Waals surface area contributed by atoms with Gasteiger partial charge in [0.25, 0.3) is 5.91 Å². The number of carbonyl (C=O) groups excluding carboxylic acids is 2. The van der Waals surface area contributed by atoms with Gasteiger partial charge in [0.05, 0.1) is 23.8 Å². The van der Waals surface area contributed by atoms with Crippen LogP contribution in [0.25, 0.3) is 5.65 Å². The molecule has 0 spiro atoms. The van der Waals surface area contributed by atoms with E-state index in [4.69, 9.17) is 5.10 Å². The van der Waals surface area contributed by atoms with Gasteiger partial charge in [-0.15, -0.1) is 5.10 Å². The maximum absolute atomic E-state index is 14.1. The number of carbonyl (C=O) groups is 2. The highest BCUT2D eigenvalue weighted by atomic mass is 19.1. The van der Waals surface area contributed by atoms with Crippen molar-refractivity contribution >= 4 is 34.8 Å². The van der Waals surface area contributed by atoms with Gasteiger partial charge < -0.3 is 26.6 Å². The molecule has 0 bridgehead atoms. The molecule has 3 heterocycles. The van der Waals surface area contributed by atoms with Crippen LogP contribution in [0.5, 0.6) is 0 Å². The largest absolute Gasteiger partial charge is 0.379 e. The molecule has 2 atom stereocenters. The maximum Gasteiger partial charge on any atom is 0.315 e. The number of benzene rings is 1. The Morgan fingerprint density at radius 1 is 0.860 bits per heavy atom. The standard InChI is InChI=1S/C31H34FN9O2/c32-23-16-33-13-12-24(23)38-30(42)27-17-34-29-26(35-19-6-7-19)15-28(40-41(27)29)36-20-8-10-21(11-9-20)37-31(43)39-25-14-22(25)18-4-2-1-3-5-18/h1-5,12-13,15-17,19-22,25,35H,6-11,14H2,(H,36,40)(H,33,38,42)(H2,37,39,43)/t20-,21-,22-,25+/m0/s1. The lowest BCUT2D eigenvalue weighted by molar-refractivity contribution is 0.102. The summed E-state index contributed by atoms with van der Waals surface area (Å²) in [4.78, 5) is 33.9. The predicted molar refractivity (Wildman–Crippen MR) is 161 cm³/mol. The summed E-state index contributed by atoms with van der Waals surface area (Å²) in [5.41, 5.74) is 2.82. The Morgan fingerprint density at radius 2 is 1.60 bits per heavy atom. The zero-order chi connectivity index (χ0) is 29.3. The second-order valence-corrected chi connectivity index (χ2v) is 11.7. The first-order valence-electron chi connectivity index (χ1n) is 14.9. The summed E-state index contributed by atoms with van der Waals surface area (Å²) in [6.45, 7) is 0. The van der Waals surface area contributed by atoms with E-state index in [1.165, 1.54) is 28.5 Å². The summed E-state index contributed by atoms with van der Waals surface area (Å²) >= 11 is 0. The van der Waals surface area contributed by atoms with Crippen molar-refractivity contribution < 1.29 is 14.0 Å². The van der Waals surface area contributed by atoms with Crippen LogP contribution >= 0.6 is 0 Å². The van der Waals surface area contributed by atoms with E-state index in [9.17, 15) is 14.0 Å². The number of halogens is 1. The Kier molecular flexibility index (Phi) is 7.25. The minimum Gasteiger partial charge on any atom is -0.379 e. The second kappa shape index (κ2) is 11.5. The number of nitrogens with one attached hydrogen (secondary N) is 5. The summed E-state index contributed by atoms with van der Waals surface area (Å²) in [6, 6.07) is 14.4. The first kappa shape index (κ1) is 27.1. The van der Waals surface area contributed by atoms with E-state index in [0.717, 1.165) is 56.8 Å². The molecule has 1 aromatic carbocycles. The van der Waals surface area contributed by atoms with Crippen LogP contribution in [-0.4, -0.2) is 55.7 Å². The number of nitrogens with zero attached hydrogens (tertiary/aromatic N) is 4. The first-order chi connectivity index (χ1) is 21.0. The van der Waals surface area contributed by atoms with Crippen molar-refractivity contribution in [3.05, 3.63) is 78.1 Å². The summed E-state index contributed by atoms with van der Waals surface area (Å²) < 4.78 is 15.6. The third-order valence-electron chi connectivity index (χ3n) is 8.41. The SMILES string of the molecule is O=C(N[C@@H]1C[C@H]1c1ccccc1)N[C@H]1CC[C@H](Nc2cc(NC3CC3)c3ncc(C(=O)Nc4ccncc4F)n3n2)CC1. The van der Waals surface area contributed by atoms with Crippen LogP contribution in [-0.2, 0) is 0 Å². The highest BCUT2D eigenvalue weighted by Gasteiger charge is 2.39. The van der Waals surface area contributed by atoms with Crippen LogP contribution in [0, 0.1) is 5.82 Å². The number of hydrogen-bond donors (Lipinski definition) is 5. The van der Waals surface area contributed by atoms with Gasteiger partial charge >= 0.3 is 6.03 Å². The molecule has 0 unspecified atom stereocenters. The molecule has 3 aliphatic rings. The number of aromatic nitrogens is 4. The van der Waals surface area contributed by atoms with Crippen molar-refractivity contribution in [3.8, 4) is 0 Å². The van der Waals surface area contributed by atoms with Crippen molar-refractivity contribution in [2.24, 2.45) is 0 Å². The smallest absolute Gasteiger partial charge is 0.315 e. The third-order valence-corrected chi connectivity index (χ3v) is 8.41. The van der Waals surface area contributed by atoms with Crippen molar-refractivity contribution in [1.82, 2.24) is 30.2 Å². The Balaban J connectivity index is 0.978. The first-order valence-corrected chi connectivity index (χ1v) is 14.9. The molecule has 5 N–H and O–H groups in total. The van der Waals surface area contributed by atoms with E-state index in [-0.39, 0.29) is 35.5 Å². The number of anilines is 3. The number of fused-ring (bicyclic) bond motifs is 1. The van der Waals surface area contributed by atoms with Crippen LogP contribution in [0.4, 0.5) is 26.4 Å². The van der Waals surface area contributed by atoms with E-state index >= 15 is 0 Å². The molecule has 4 aromatic rings. The number of hydrogen-bond acceptors (Lipinski definition) is 7. The Hall–Kier alpha value is -4.74. The van der Waals surface area contributed by atoms with Gasteiger partial charge in [-0.3, -0.25) is 9.78 Å². The highest BCUT2D eigenvalue weighted by molar-refractivity contribution is 6.03. The molecule has 11 nitrogen and oxygen atoms in total. The van der Waals surface area contributed by atoms with E-state index in [2.05, 4.69) is 48.7 Å². The monoisotopic (exact) mass is 583 g/mol. The van der Waals surface area contributed by atoms with Gasteiger partial charge in [-0.1, -0.05) is 30.3 Å². The van der Waals surface area contributed by atoms with Gasteiger partial charge in [-0.25, -0.2) is 18.7 Å². The Bertz CT molecular complexity index is 1630. The fourth-order valence-electron chi connectivity index (χ4n) is 5.82. The quantitative estimate of drug-likeness (QED) is 0.193. The lowest BCUT2D eigenvalue weighted by atomic mass is 9.91.